The number of ether oxygens (including phenoxy) is 1. The first-order chi connectivity index (χ1) is 13.5. The van der Waals surface area contributed by atoms with Gasteiger partial charge in [0.25, 0.3) is 5.69 Å². The van der Waals surface area contributed by atoms with Gasteiger partial charge in [-0.05, 0) is 43.3 Å². The van der Waals surface area contributed by atoms with E-state index in [0.29, 0.717) is 5.69 Å². The van der Waals surface area contributed by atoms with Gasteiger partial charge in [0, 0.05) is 17.8 Å². The lowest BCUT2D eigenvalue weighted by molar-refractivity contribution is -0.384. The van der Waals surface area contributed by atoms with Crippen molar-refractivity contribution in [1.29, 1.82) is 0 Å². The molecule has 2 N–H and O–H groups in total. The number of nitro benzene ring substituents is 1. The van der Waals surface area contributed by atoms with E-state index in [1.165, 1.54) is 0 Å². The highest BCUT2D eigenvalue weighted by Gasteiger charge is 2.41. The van der Waals surface area contributed by atoms with Crippen LogP contribution in [0.2, 0.25) is 0 Å². The number of hydrogen-bond acceptors (Lipinski definition) is 4. The largest absolute Gasteiger partial charge is 0.487 e. The van der Waals surface area contributed by atoms with Crippen molar-refractivity contribution in [3.05, 3.63) is 57.6 Å². The normalized spacial score (nSPS) is 11.3. The van der Waals surface area contributed by atoms with E-state index >= 15 is 0 Å². The van der Waals surface area contributed by atoms with Crippen molar-refractivity contribution in [3.63, 3.8) is 0 Å². The van der Waals surface area contributed by atoms with Gasteiger partial charge >= 0.3 is 12.3 Å². The second-order valence-corrected chi connectivity index (χ2v) is 6.56. The van der Waals surface area contributed by atoms with Gasteiger partial charge in [-0.25, -0.2) is 8.78 Å². The average molecular weight is 431 g/mol. The summed E-state index contributed by atoms with van der Waals surface area (Å²) in [5.74, 6) is -4.77. The summed E-state index contributed by atoms with van der Waals surface area (Å²) in [6, 6.07) is 8.62. The van der Waals surface area contributed by atoms with Gasteiger partial charge in [-0.2, -0.15) is 8.78 Å². The van der Waals surface area contributed by atoms with Crippen LogP contribution in [0.3, 0.4) is 0 Å². The highest BCUT2D eigenvalue weighted by atomic mass is 32.1. The van der Waals surface area contributed by atoms with E-state index in [1.807, 2.05) is 26.0 Å². The van der Waals surface area contributed by atoms with E-state index in [9.17, 15) is 27.7 Å². The number of non-ortho nitro benzene ring substituents is 1. The SMILES string of the molecule is Cc1cccc(NC(=S)Nc2cc(OCC(F)(F)C(F)F)cc([N+](=O)[O-])c2)c1C. The number of nitrogens with one attached hydrogen (secondary N) is 2. The van der Waals surface area contributed by atoms with Crippen molar-refractivity contribution >= 4 is 34.4 Å². The highest BCUT2D eigenvalue weighted by molar-refractivity contribution is 7.80. The summed E-state index contributed by atoms with van der Waals surface area (Å²) in [4.78, 5) is 10.3. The predicted octanol–water partition coefficient (Wildman–Crippen LogP) is 5.30. The number of halogens is 4. The molecule has 0 unspecified atom stereocenters. The molecule has 29 heavy (non-hydrogen) atoms. The predicted molar refractivity (Wildman–Crippen MR) is 105 cm³/mol. The number of nitro groups is 1. The molecular formula is C18H17F4N3O3S. The summed E-state index contributed by atoms with van der Waals surface area (Å²) in [6.07, 6.45) is -3.92. The zero-order valence-electron chi connectivity index (χ0n) is 15.3. The third-order valence-corrected chi connectivity index (χ3v) is 4.17. The Labute approximate surface area is 169 Å². The molecule has 2 aromatic rings. The summed E-state index contributed by atoms with van der Waals surface area (Å²) in [5, 5.41) is 16.8. The third-order valence-electron chi connectivity index (χ3n) is 3.96. The molecule has 0 amide bonds. The Bertz CT molecular complexity index is 925. The van der Waals surface area contributed by atoms with Gasteiger partial charge in [-0.3, -0.25) is 10.1 Å². The fourth-order valence-electron chi connectivity index (χ4n) is 2.26. The molecule has 2 rings (SSSR count). The first kappa shape index (κ1) is 22.3. The van der Waals surface area contributed by atoms with Gasteiger partial charge in [-0.1, -0.05) is 12.1 Å². The molecule has 0 aliphatic carbocycles. The average Bonchev–Trinajstić information content (AvgIpc) is 2.63. The van der Waals surface area contributed by atoms with Crippen molar-refractivity contribution in [2.45, 2.75) is 26.2 Å². The second-order valence-electron chi connectivity index (χ2n) is 6.15. The fourth-order valence-corrected chi connectivity index (χ4v) is 2.49. The van der Waals surface area contributed by atoms with Gasteiger partial charge in [0.2, 0.25) is 0 Å². The Balaban J connectivity index is 2.18. The molecule has 0 fully saturated rings. The minimum absolute atomic E-state index is 0.0670. The highest BCUT2D eigenvalue weighted by Crippen LogP contribution is 2.29. The maximum Gasteiger partial charge on any atom is 0.340 e. The Morgan fingerprint density at radius 2 is 1.93 bits per heavy atom. The summed E-state index contributed by atoms with van der Waals surface area (Å²) in [7, 11) is 0. The molecule has 0 atom stereocenters. The number of rotatable bonds is 7. The van der Waals surface area contributed by atoms with Crippen molar-refractivity contribution in [2.75, 3.05) is 17.2 Å². The summed E-state index contributed by atoms with van der Waals surface area (Å²) < 4.78 is 55.3. The maximum atomic E-state index is 13.1. The zero-order valence-corrected chi connectivity index (χ0v) is 16.2. The Morgan fingerprint density at radius 1 is 1.24 bits per heavy atom. The molecule has 0 bridgehead atoms. The number of alkyl halides is 4. The zero-order chi connectivity index (χ0) is 21.8. The van der Waals surface area contributed by atoms with Crippen LogP contribution in [0.15, 0.2) is 36.4 Å². The van der Waals surface area contributed by atoms with Gasteiger partial charge in [-0.15, -0.1) is 0 Å². The van der Waals surface area contributed by atoms with Crippen LogP contribution in [0.5, 0.6) is 5.75 Å². The molecule has 0 saturated heterocycles. The van der Waals surface area contributed by atoms with E-state index in [0.717, 1.165) is 29.3 Å². The number of aryl methyl sites for hydroxylation is 1. The van der Waals surface area contributed by atoms with Crippen molar-refractivity contribution in [3.8, 4) is 5.75 Å². The minimum atomic E-state index is -4.39. The van der Waals surface area contributed by atoms with Crippen LogP contribution in [-0.4, -0.2) is 29.0 Å². The van der Waals surface area contributed by atoms with Crippen LogP contribution < -0.4 is 15.4 Å². The smallest absolute Gasteiger partial charge is 0.340 e. The molecule has 0 spiro atoms. The van der Waals surface area contributed by atoms with Crippen LogP contribution in [0, 0.1) is 24.0 Å². The van der Waals surface area contributed by atoms with Gasteiger partial charge in [0.15, 0.2) is 11.7 Å². The molecule has 0 heterocycles. The molecule has 0 radical (unpaired) electrons. The Hall–Kier alpha value is -2.95. The van der Waals surface area contributed by atoms with Crippen LogP contribution in [-0.2, 0) is 0 Å². The lowest BCUT2D eigenvalue weighted by Crippen LogP contribution is -2.33. The standard InChI is InChI=1S/C18H17F4N3O3S/c1-10-4-3-5-15(11(10)2)24-17(29)23-12-6-13(25(26)27)8-14(7-12)28-9-18(21,22)16(19)20/h3-8,16H,9H2,1-2H3,(H2,23,24,29). The van der Waals surface area contributed by atoms with Crippen LogP contribution in [0.4, 0.5) is 34.6 Å². The molecule has 0 aliphatic heterocycles. The molecule has 2 aromatic carbocycles. The fraction of sp³-hybridized carbons (Fsp3) is 0.278. The van der Waals surface area contributed by atoms with E-state index in [4.69, 9.17) is 12.2 Å². The van der Waals surface area contributed by atoms with Crippen molar-refractivity contribution < 1.29 is 27.2 Å². The van der Waals surface area contributed by atoms with Gasteiger partial charge in [0.05, 0.1) is 16.7 Å². The molecular weight excluding hydrogens is 414 g/mol. The number of nitrogens with zero attached hydrogens (tertiary/aromatic N) is 1. The summed E-state index contributed by atoms with van der Waals surface area (Å²) in [6.45, 7) is 2.16. The quantitative estimate of drug-likeness (QED) is 0.268. The number of anilines is 2. The monoisotopic (exact) mass is 431 g/mol. The molecule has 0 saturated carbocycles. The van der Waals surface area contributed by atoms with Gasteiger partial charge in [0.1, 0.15) is 5.75 Å². The third kappa shape index (κ3) is 6.01. The molecule has 11 heteroatoms. The summed E-state index contributed by atoms with van der Waals surface area (Å²) in [5.41, 5.74) is 2.25. The van der Waals surface area contributed by atoms with E-state index in [2.05, 4.69) is 15.4 Å². The Morgan fingerprint density at radius 3 is 2.55 bits per heavy atom. The molecule has 0 aromatic heterocycles. The topological polar surface area (TPSA) is 76.4 Å². The number of hydrogen-bond donors (Lipinski definition) is 2. The van der Waals surface area contributed by atoms with Crippen LogP contribution in [0.1, 0.15) is 11.1 Å². The maximum absolute atomic E-state index is 13.1. The number of benzene rings is 2. The molecule has 0 aliphatic rings. The second kappa shape index (κ2) is 9.03. The van der Waals surface area contributed by atoms with Crippen LogP contribution >= 0.6 is 12.2 Å². The molecule has 156 valence electrons. The van der Waals surface area contributed by atoms with E-state index in [-0.39, 0.29) is 16.5 Å². The lowest BCUT2D eigenvalue weighted by Gasteiger charge is -2.17. The van der Waals surface area contributed by atoms with E-state index in [1.54, 1.807) is 6.07 Å². The first-order valence-electron chi connectivity index (χ1n) is 8.22. The Kier molecular flexibility index (Phi) is 6.96. The molecule has 6 nitrogen and oxygen atoms in total. The lowest BCUT2D eigenvalue weighted by atomic mass is 10.1. The summed E-state index contributed by atoms with van der Waals surface area (Å²) >= 11 is 5.18. The number of thiocarbonyl (C=S) groups is 1. The minimum Gasteiger partial charge on any atom is -0.487 e. The van der Waals surface area contributed by atoms with E-state index < -0.39 is 29.6 Å². The first-order valence-corrected chi connectivity index (χ1v) is 8.63. The van der Waals surface area contributed by atoms with Gasteiger partial charge < -0.3 is 15.4 Å². The van der Waals surface area contributed by atoms with Crippen molar-refractivity contribution in [2.24, 2.45) is 0 Å². The van der Waals surface area contributed by atoms with Crippen molar-refractivity contribution in [1.82, 2.24) is 0 Å². The van der Waals surface area contributed by atoms with Crippen LogP contribution in [0.25, 0.3) is 0 Å².